The van der Waals surface area contributed by atoms with Crippen LogP contribution >= 0.6 is 27.0 Å². The van der Waals surface area contributed by atoms with Gasteiger partial charge in [-0.25, -0.2) is 14.8 Å². The molecule has 4 N–H and O–H groups in total. The smallest absolute Gasteiger partial charge is 0.356 e. The van der Waals surface area contributed by atoms with Gasteiger partial charge in [0, 0.05) is 30.8 Å². The van der Waals surface area contributed by atoms with Gasteiger partial charge in [0.05, 0.1) is 6.04 Å². The molecule has 0 saturated heterocycles. The number of hydrogen-bond donors (Lipinski definition) is 3. The maximum atomic E-state index is 12.2. The number of hydrogen-bond acceptors (Lipinski definition) is 5. The van der Waals surface area contributed by atoms with E-state index in [0.29, 0.717) is 11.3 Å². The van der Waals surface area contributed by atoms with Gasteiger partial charge in [-0.2, -0.15) is 27.0 Å². The molecule has 2 aromatic carbocycles. The summed E-state index contributed by atoms with van der Waals surface area (Å²) >= 11 is 0. The minimum atomic E-state index is -1.00. The van der Waals surface area contributed by atoms with Crippen molar-refractivity contribution in [2.24, 2.45) is 5.73 Å². The molecule has 1 amide bonds. The average molecular weight is 617 g/mol. The van der Waals surface area contributed by atoms with E-state index in [0.717, 1.165) is 11.2 Å². The fourth-order valence-corrected chi connectivity index (χ4v) is 3.93. The van der Waals surface area contributed by atoms with E-state index in [1.807, 2.05) is 115 Å². The van der Waals surface area contributed by atoms with Crippen molar-refractivity contribution in [3.63, 3.8) is 0 Å². The van der Waals surface area contributed by atoms with Crippen molar-refractivity contribution in [3.8, 4) is 0 Å². The number of pyridine rings is 2. The number of aromatic carboxylic acids is 1. The number of amides is 1. The van der Waals surface area contributed by atoms with Crippen molar-refractivity contribution in [2.45, 2.75) is 25.9 Å². The number of nitrogens with one attached hydrogen (secondary N) is 1. The fourth-order valence-electron chi connectivity index (χ4n) is 3.93. The summed E-state index contributed by atoms with van der Waals surface area (Å²) in [4.78, 5) is 30.9. The number of aromatic nitrogens is 4. The van der Waals surface area contributed by atoms with Crippen molar-refractivity contribution in [3.05, 3.63) is 144 Å². The molecule has 0 bridgehead atoms. The molecule has 6 rings (SSSR count). The number of imidazole rings is 2. The number of nitrogens with zero attached hydrogens (tertiary/aromatic N) is 4. The predicted octanol–water partition coefficient (Wildman–Crippen LogP) is 5.79. The lowest BCUT2D eigenvalue weighted by Gasteiger charge is -2.12. The van der Waals surface area contributed by atoms with Gasteiger partial charge >= 0.3 is 5.97 Å². The van der Waals surface area contributed by atoms with Gasteiger partial charge in [-0.05, 0) is 49.2 Å². The van der Waals surface area contributed by atoms with Crippen LogP contribution in [0, 0.1) is 0 Å². The molecule has 0 unspecified atom stereocenters. The van der Waals surface area contributed by atoms with Crippen molar-refractivity contribution in [1.29, 1.82) is 0 Å². The monoisotopic (exact) mass is 616 g/mol. The number of fused-ring (bicyclic) bond motifs is 2. The highest BCUT2D eigenvalue weighted by Crippen LogP contribution is 2.13. The zero-order chi connectivity index (χ0) is 29.2. The highest BCUT2D eigenvalue weighted by Gasteiger charge is 2.14. The topological polar surface area (TPSA) is 127 Å². The number of rotatable bonds is 5. The van der Waals surface area contributed by atoms with Gasteiger partial charge in [0.25, 0.3) is 5.91 Å². The van der Waals surface area contributed by atoms with Crippen LogP contribution < -0.4 is 11.1 Å². The number of benzene rings is 2. The molecule has 6 aromatic rings. The third kappa shape index (κ3) is 9.74. The Morgan fingerprint density at radius 1 is 0.698 bits per heavy atom. The number of carboxylic acid groups (broad SMARTS) is 1. The maximum absolute atomic E-state index is 12.2. The summed E-state index contributed by atoms with van der Waals surface area (Å²) in [6.07, 6.45) is 6.86. The van der Waals surface area contributed by atoms with Gasteiger partial charge in [-0.15, -0.1) is 0 Å². The fraction of sp³-hybridized carbons (Fsp3) is 0.125. The van der Waals surface area contributed by atoms with Crippen molar-refractivity contribution in [1.82, 2.24) is 24.1 Å². The van der Waals surface area contributed by atoms with Crippen molar-refractivity contribution in [2.75, 3.05) is 0 Å². The molecule has 0 fully saturated rings. The lowest BCUT2D eigenvalue weighted by atomic mass is 10.1. The highest BCUT2D eigenvalue weighted by atomic mass is 32.1. The van der Waals surface area contributed by atoms with E-state index >= 15 is 0 Å². The molecule has 11 heteroatoms. The molecule has 224 valence electrons. The molecule has 0 aliphatic heterocycles. The van der Waals surface area contributed by atoms with Crippen molar-refractivity contribution < 1.29 is 14.7 Å². The van der Waals surface area contributed by atoms with Crippen LogP contribution in [0.4, 0.5) is 0 Å². The average Bonchev–Trinajstić information content (AvgIpc) is 3.64. The van der Waals surface area contributed by atoms with Crippen LogP contribution in [0.5, 0.6) is 0 Å². The minimum absolute atomic E-state index is 0. The summed E-state index contributed by atoms with van der Waals surface area (Å²) in [7, 11) is 0. The molecule has 4 aromatic heterocycles. The summed E-state index contributed by atoms with van der Waals surface area (Å²) in [5.41, 5.74) is 9.80. The molecule has 0 aliphatic rings. The van der Waals surface area contributed by atoms with E-state index in [4.69, 9.17) is 10.8 Å². The van der Waals surface area contributed by atoms with Crippen LogP contribution in [-0.2, 0) is 0 Å². The molecule has 2 atom stereocenters. The van der Waals surface area contributed by atoms with Crippen LogP contribution in [0.25, 0.3) is 11.3 Å². The number of carboxylic acids is 1. The highest BCUT2D eigenvalue weighted by molar-refractivity contribution is 7.59. The van der Waals surface area contributed by atoms with Gasteiger partial charge in [0.15, 0.2) is 5.69 Å². The number of carbonyl (C=O) groups is 2. The summed E-state index contributed by atoms with van der Waals surface area (Å²) in [5.74, 6) is -1.16. The van der Waals surface area contributed by atoms with Gasteiger partial charge in [-0.1, -0.05) is 72.8 Å². The van der Waals surface area contributed by atoms with Gasteiger partial charge in [0.2, 0.25) is 0 Å². The molecule has 0 spiro atoms. The molecule has 0 radical (unpaired) electrons. The number of nitrogens with two attached hydrogens (primary N) is 1. The summed E-state index contributed by atoms with van der Waals surface area (Å²) < 4.78 is 3.51. The van der Waals surface area contributed by atoms with Gasteiger partial charge in [-0.3, -0.25) is 4.79 Å². The molecular formula is C32H36N6O3S2. The lowest BCUT2D eigenvalue weighted by Crippen LogP contribution is -2.26. The SMILES string of the molecule is C[C@H](N)c1ccccc1.C[C@H](NC(=O)c1cn2ccccc2n1)c1ccccc1.O=C(O)c1cn2ccccc2n1.S.S. The number of carbonyl (C=O) groups excluding carboxylic acids is 1. The van der Waals surface area contributed by atoms with E-state index in [1.165, 1.54) is 11.8 Å². The first-order valence-electron chi connectivity index (χ1n) is 13.1. The molecule has 9 nitrogen and oxygen atoms in total. The minimum Gasteiger partial charge on any atom is -0.476 e. The second-order valence-corrected chi connectivity index (χ2v) is 9.29. The zero-order valence-electron chi connectivity index (χ0n) is 23.8. The lowest BCUT2D eigenvalue weighted by molar-refractivity contribution is 0.0691. The first kappa shape index (κ1) is 34.6. The predicted molar refractivity (Wildman–Crippen MR) is 179 cm³/mol. The van der Waals surface area contributed by atoms with Gasteiger partial charge in [0.1, 0.15) is 17.0 Å². The Labute approximate surface area is 264 Å². The van der Waals surface area contributed by atoms with Crippen LogP contribution in [-0.4, -0.2) is 35.8 Å². The first-order valence-corrected chi connectivity index (χ1v) is 13.1. The standard InChI is InChI=1S/C16H15N3O.C8H6N2O2.C8H11N.2H2S/c1-12(13-7-3-2-4-8-13)17-16(20)14-11-19-10-6-5-9-15(19)18-14;11-8(12)6-5-10-4-2-1-3-7(10)9-6;1-7(9)8-5-3-2-4-6-8;;/h2-12H,1H3,(H,17,20);1-5H,(H,11,12);2-7H,9H2,1H3;2*1H2/t12-;;7-;;/m0.0../s1. The second-order valence-electron chi connectivity index (χ2n) is 9.29. The third-order valence-corrected chi connectivity index (χ3v) is 6.15. The van der Waals surface area contributed by atoms with Crippen LogP contribution in [0.15, 0.2) is 122 Å². The Bertz CT molecular complexity index is 1660. The van der Waals surface area contributed by atoms with E-state index in [9.17, 15) is 9.59 Å². The normalized spacial score (nSPS) is 11.3. The summed E-state index contributed by atoms with van der Waals surface area (Å²) in [6.45, 7) is 3.94. The quantitative estimate of drug-likeness (QED) is 0.225. The van der Waals surface area contributed by atoms with E-state index in [2.05, 4.69) is 15.3 Å². The first-order chi connectivity index (χ1) is 19.8. The van der Waals surface area contributed by atoms with E-state index < -0.39 is 5.97 Å². The molecule has 43 heavy (non-hydrogen) atoms. The van der Waals surface area contributed by atoms with Gasteiger partial charge < -0.3 is 25.0 Å². The van der Waals surface area contributed by atoms with Crippen molar-refractivity contribution >= 4 is 50.2 Å². The second kappa shape index (κ2) is 16.8. The Morgan fingerprint density at radius 2 is 1.14 bits per heavy atom. The molecule has 0 aliphatic carbocycles. The third-order valence-electron chi connectivity index (χ3n) is 6.15. The largest absolute Gasteiger partial charge is 0.476 e. The van der Waals surface area contributed by atoms with E-state index in [-0.39, 0.29) is 50.7 Å². The van der Waals surface area contributed by atoms with Crippen LogP contribution in [0.2, 0.25) is 0 Å². The maximum Gasteiger partial charge on any atom is 0.356 e. The van der Waals surface area contributed by atoms with Crippen LogP contribution in [0.3, 0.4) is 0 Å². The molecular weight excluding hydrogens is 581 g/mol. The molecule has 0 saturated carbocycles. The zero-order valence-corrected chi connectivity index (χ0v) is 25.8. The Morgan fingerprint density at radius 3 is 1.58 bits per heavy atom. The summed E-state index contributed by atoms with van der Waals surface area (Å²) in [6, 6.07) is 31.1. The van der Waals surface area contributed by atoms with Crippen LogP contribution in [0.1, 0.15) is 58.0 Å². The summed E-state index contributed by atoms with van der Waals surface area (Å²) in [5, 5.41) is 11.6. The van der Waals surface area contributed by atoms with E-state index in [1.54, 1.807) is 22.9 Å². The Balaban J connectivity index is 0.000000241. The Hall–Kier alpha value is -4.58. The molecule has 4 heterocycles. The Kier molecular flexibility index (Phi) is 13.5.